The summed E-state index contributed by atoms with van der Waals surface area (Å²) in [6, 6.07) is 24.6. The second kappa shape index (κ2) is 9.26. The molecule has 156 valence electrons. The maximum Gasteiger partial charge on any atom is 0.349 e. The van der Waals surface area contributed by atoms with Gasteiger partial charge in [0.05, 0.1) is 17.8 Å². The fraction of sp³-hybridized carbons (Fsp3) is 0.160. The lowest BCUT2D eigenvalue weighted by molar-refractivity contribution is -0.121. The van der Waals surface area contributed by atoms with Crippen molar-refractivity contribution in [3.05, 3.63) is 94.9 Å². The molecule has 4 rings (SSSR count). The molecule has 0 fully saturated rings. The first-order valence-corrected chi connectivity index (χ1v) is 10.2. The van der Waals surface area contributed by atoms with Gasteiger partial charge in [0, 0.05) is 23.1 Å². The van der Waals surface area contributed by atoms with E-state index < -0.39 is 5.69 Å². The van der Waals surface area contributed by atoms with E-state index in [4.69, 9.17) is 4.74 Å². The first-order chi connectivity index (χ1) is 15.2. The first-order valence-electron chi connectivity index (χ1n) is 10.2. The predicted octanol–water partition coefficient (Wildman–Crippen LogP) is 3.78. The van der Waals surface area contributed by atoms with Crippen molar-refractivity contribution < 1.29 is 9.53 Å². The zero-order valence-electron chi connectivity index (χ0n) is 17.2. The minimum Gasteiger partial charge on any atom is -0.494 e. The molecule has 0 aliphatic carbocycles. The molecule has 3 aromatic carbocycles. The molecule has 31 heavy (non-hydrogen) atoms. The quantitative estimate of drug-likeness (QED) is 0.500. The molecule has 0 saturated carbocycles. The van der Waals surface area contributed by atoms with Crippen LogP contribution in [0, 0.1) is 0 Å². The number of nitrogens with zero attached hydrogens (tertiary/aromatic N) is 2. The van der Waals surface area contributed by atoms with E-state index >= 15 is 0 Å². The molecule has 6 heteroatoms. The second-order valence-corrected chi connectivity index (χ2v) is 7.03. The van der Waals surface area contributed by atoms with Crippen LogP contribution in [-0.2, 0) is 17.9 Å². The molecule has 0 bridgehead atoms. The van der Waals surface area contributed by atoms with Crippen molar-refractivity contribution in [3.63, 3.8) is 0 Å². The fourth-order valence-corrected chi connectivity index (χ4v) is 3.54. The topological polar surface area (TPSA) is 73.2 Å². The van der Waals surface area contributed by atoms with Crippen molar-refractivity contribution in [1.82, 2.24) is 14.9 Å². The maximum absolute atomic E-state index is 12.8. The van der Waals surface area contributed by atoms with E-state index in [1.165, 1.54) is 4.57 Å². The van der Waals surface area contributed by atoms with Gasteiger partial charge in [-0.15, -0.1) is 0 Å². The normalized spacial score (nSPS) is 10.7. The van der Waals surface area contributed by atoms with Crippen molar-refractivity contribution in [1.29, 1.82) is 0 Å². The molecule has 0 aliphatic rings. The Morgan fingerprint density at radius 2 is 1.68 bits per heavy atom. The summed E-state index contributed by atoms with van der Waals surface area (Å²) in [4.78, 5) is 29.8. The Kier molecular flexibility index (Phi) is 6.08. The molecule has 6 nitrogen and oxygen atoms in total. The number of hydrogen-bond donors (Lipinski definition) is 1. The minimum atomic E-state index is -0.456. The first kappa shape index (κ1) is 20.3. The van der Waals surface area contributed by atoms with Crippen LogP contribution in [0.4, 0.5) is 0 Å². The summed E-state index contributed by atoms with van der Waals surface area (Å²) in [5, 5.41) is 3.70. The number of rotatable bonds is 7. The Morgan fingerprint density at radius 1 is 0.968 bits per heavy atom. The van der Waals surface area contributed by atoms with Gasteiger partial charge in [-0.25, -0.2) is 4.79 Å². The van der Waals surface area contributed by atoms with Gasteiger partial charge >= 0.3 is 5.69 Å². The van der Waals surface area contributed by atoms with Crippen molar-refractivity contribution in [2.75, 3.05) is 6.61 Å². The summed E-state index contributed by atoms with van der Waals surface area (Å²) >= 11 is 0. The minimum absolute atomic E-state index is 0.113. The number of carbonyl (C=O) groups is 1. The zero-order valence-corrected chi connectivity index (χ0v) is 17.2. The van der Waals surface area contributed by atoms with Gasteiger partial charge in [0.25, 0.3) is 0 Å². The van der Waals surface area contributed by atoms with Gasteiger partial charge in [0.1, 0.15) is 12.3 Å². The van der Waals surface area contributed by atoms with E-state index in [-0.39, 0.29) is 12.5 Å². The van der Waals surface area contributed by atoms with Crippen LogP contribution in [0.25, 0.3) is 22.2 Å². The van der Waals surface area contributed by atoms with Crippen molar-refractivity contribution >= 4 is 16.8 Å². The van der Waals surface area contributed by atoms with Crippen molar-refractivity contribution in [3.8, 4) is 17.0 Å². The lowest BCUT2D eigenvalue weighted by Crippen LogP contribution is -2.33. The smallest absolute Gasteiger partial charge is 0.349 e. The molecule has 0 unspecified atom stereocenters. The molecule has 0 saturated heterocycles. The van der Waals surface area contributed by atoms with Crippen LogP contribution in [0.15, 0.2) is 83.7 Å². The van der Waals surface area contributed by atoms with Crippen LogP contribution in [0.5, 0.6) is 5.75 Å². The lowest BCUT2D eigenvalue weighted by Gasteiger charge is -2.14. The largest absolute Gasteiger partial charge is 0.494 e. The molecule has 0 spiro atoms. The van der Waals surface area contributed by atoms with Gasteiger partial charge in [-0.3, -0.25) is 9.36 Å². The third-order valence-electron chi connectivity index (χ3n) is 4.99. The summed E-state index contributed by atoms with van der Waals surface area (Å²) in [5.74, 6) is 0.467. The number of hydrogen-bond acceptors (Lipinski definition) is 4. The van der Waals surface area contributed by atoms with Gasteiger partial charge in [-0.1, -0.05) is 66.7 Å². The highest BCUT2D eigenvalue weighted by Crippen LogP contribution is 2.25. The van der Waals surface area contributed by atoms with Crippen LogP contribution in [0.2, 0.25) is 0 Å². The van der Waals surface area contributed by atoms with Crippen LogP contribution in [0.1, 0.15) is 12.5 Å². The van der Waals surface area contributed by atoms with E-state index in [0.29, 0.717) is 24.4 Å². The van der Waals surface area contributed by atoms with E-state index in [1.54, 1.807) is 0 Å². The van der Waals surface area contributed by atoms with Gasteiger partial charge in [-0.2, -0.15) is 4.98 Å². The van der Waals surface area contributed by atoms with Crippen molar-refractivity contribution in [2.24, 2.45) is 0 Å². The molecule has 1 heterocycles. The fourth-order valence-electron chi connectivity index (χ4n) is 3.54. The molecule has 1 N–H and O–H groups in total. The van der Waals surface area contributed by atoms with E-state index in [1.807, 2.05) is 85.8 Å². The van der Waals surface area contributed by atoms with Gasteiger partial charge in [-0.05, 0) is 19.1 Å². The highest BCUT2D eigenvalue weighted by Gasteiger charge is 2.14. The van der Waals surface area contributed by atoms with Gasteiger partial charge in [0.15, 0.2) is 0 Å². The van der Waals surface area contributed by atoms with E-state index in [2.05, 4.69) is 10.3 Å². The average molecular weight is 413 g/mol. The monoisotopic (exact) mass is 413 g/mol. The summed E-state index contributed by atoms with van der Waals surface area (Å²) < 4.78 is 7.01. The van der Waals surface area contributed by atoms with E-state index in [9.17, 15) is 9.59 Å². The van der Waals surface area contributed by atoms with Crippen LogP contribution >= 0.6 is 0 Å². The lowest BCUT2D eigenvalue weighted by atomic mass is 10.1. The third-order valence-corrected chi connectivity index (χ3v) is 4.99. The molecule has 1 amide bonds. The Hall–Kier alpha value is -3.93. The zero-order chi connectivity index (χ0) is 21.6. The molecule has 0 aliphatic heterocycles. The second-order valence-electron chi connectivity index (χ2n) is 7.03. The Bertz CT molecular complexity index is 1270. The van der Waals surface area contributed by atoms with Gasteiger partial charge < -0.3 is 10.1 Å². The number of fused-ring (bicyclic) bond motifs is 1. The Labute approximate surface area is 180 Å². The number of carbonyl (C=O) groups excluding carboxylic acids is 1. The van der Waals surface area contributed by atoms with Crippen LogP contribution in [-0.4, -0.2) is 22.1 Å². The summed E-state index contributed by atoms with van der Waals surface area (Å²) in [6.45, 7) is 2.67. The number of ether oxygens (including phenoxy) is 1. The standard InChI is InChI=1S/C25H23N3O3/c1-2-31-22-15-9-6-12-19(22)16-26-23(29)17-28-21-14-8-7-13-20(21)24(27-25(28)30)18-10-4-3-5-11-18/h3-15H,2,16-17H2,1H3,(H,26,29). The SMILES string of the molecule is CCOc1ccccc1CNC(=O)Cn1c(=O)nc(-c2ccccc2)c2ccccc21. The van der Waals surface area contributed by atoms with Crippen LogP contribution < -0.4 is 15.7 Å². The Morgan fingerprint density at radius 3 is 2.48 bits per heavy atom. The van der Waals surface area contributed by atoms with Crippen molar-refractivity contribution in [2.45, 2.75) is 20.0 Å². The Balaban J connectivity index is 1.60. The van der Waals surface area contributed by atoms with Crippen LogP contribution in [0.3, 0.4) is 0 Å². The third kappa shape index (κ3) is 4.48. The summed E-state index contributed by atoms with van der Waals surface area (Å²) in [7, 11) is 0. The summed E-state index contributed by atoms with van der Waals surface area (Å²) in [5.41, 5.74) is 2.57. The number of nitrogens with one attached hydrogen (secondary N) is 1. The molecule has 0 radical (unpaired) electrons. The van der Waals surface area contributed by atoms with E-state index in [0.717, 1.165) is 22.3 Å². The number of aromatic nitrogens is 2. The van der Waals surface area contributed by atoms with Gasteiger partial charge in [0.2, 0.25) is 5.91 Å². The molecule has 0 atom stereocenters. The molecular weight excluding hydrogens is 390 g/mol. The predicted molar refractivity (Wildman–Crippen MR) is 121 cm³/mol. The highest BCUT2D eigenvalue weighted by molar-refractivity contribution is 5.93. The highest BCUT2D eigenvalue weighted by atomic mass is 16.5. The summed E-state index contributed by atoms with van der Waals surface area (Å²) in [6.07, 6.45) is 0. The number of benzene rings is 3. The average Bonchev–Trinajstić information content (AvgIpc) is 2.81. The molecular formula is C25H23N3O3. The maximum atomic E-state index is 12.8. The number of para-hydroxylation sites is 2. The molecule has 4 aromatic rings. The number of amides is 1. The molecule has 1 aromatic heterocycles.